The number of thioether (sulfide) groups is 1. The van der Waals surface area contributed by atoms with Gasteiger partial charge in [0.05, 0.1) is 11.5 Å². The first-order valence-electron chi connectivity index (χ1n) is 9.21. The van der Waals surface area contributed by atoms with Crippen LogP contribution in [0.2, 0.25) is 0 Å². The van der Waals surface area contributed by atoms with Gasteiger partial charge in [0.25, 0.3) is 0 Å². The number of ketones is 1. The Morgan fingerprint density at radius 2 is 1.68 bits per heavy atom. The molecule has 0 unspecified atom stereocenters. The van der Waals surface area contributed by atoms with Crippen molar-refractivity contribution in [2.75, 3.05) is 6.61 Å². The molecule has 0 radical (unpaired) electrons. The number of fused-ring (bicyclic) bond motifs is 1. The minimum Gasteiger partial charge on any atom is -0.490 e. The maximum absolute atomic E-state index is 12.6. The third-order valence-electron chi connectivity index (χ3n) is 4.38. The number of allylic oxidation sites excluding steroid dienone is 1. The highest BCUT2D eigenvalue weighted by molar-refractivity contribution is 8.04. The fourth-order valence-electron chi connectivity index (χ4n) is 3.02. The lowest BCUT2D eigenvalue weighted by Gasteiger charge is -2.13. The Labute approximate surface area is 169 Å². The van der Waals surface area contributed by atoms with E-state index in [2.05, 4.69) is 0 Å². The molecule has 1 aliphatic heterocycles. The molecule has 0 saturated heterocycles. The van der Waals surface area contributed by atoms with Crippen molar-refractivity contribution in [3.05, 3.63) is 94.4 Å². The molecule has 0 atom stereocenters. The SMILES string of the molecule is CCOc1cc(C=C2Sc3ccccc3C2=O)ccc1OCc1ccccc1. The third-order valence-corrected chi connectivity index (χ3v) is 5.48. The zero-order valence-corrected chi connectivity index (χ0v) is 16.4. The van der Waals surface area contributed by atoms with Crippen molar-refractivity contribution in [1.29, 1.82) is 0 Å². The van der Waals surface area contributed by atoms with Crippen molar-refractivity contribution in [3.8, 4) is 11.5 Å². The largest absolute Gasteiger partial charge is 0.490 e. The standard InChI is InChI=1S/C24H20O3S/c1-2-26-21-14-18(12-13-20(21)27-16-17-8-4-3-5-9-17)15-23-24(25)19-10-6-7-11-22(19)28-23/h3-15H,2,16H2,1H3. The summed E-state index contributed by atoms with van der Waals surface area (Å²) in [6, 6.07) is 23.5. The molecular formula is C24H20O3S. The Morgan fingerprint density at radius 1 is 0.893 bits per heavy atom. The van der Waals surface area contributed by atoms with Crippen LogP contribution in [0.1, 0.15) is 28.4 Å². The summed E-state index contributed by atoms with van der Waals surface area (Å²) in [6.07, 6.45) is 1.91. The van der Waals surface area contributed by atoms with Gasteiger partial charge in [-0.15, -0.1) is 0 Å². The second-order valence-electron chi connectivity index (χ2n) is 6.35. The summed E-state index contributed by atoms with van der Waals surface area (Å²) in [6.45, 7) is 2.96. The van der Waals surface area contributed by atoms with E-state index in [1.54, 1.807) is 0 Å². The monoisotopic (exact) mass is 388 g/mol. The van der Waals surface area contributed by atoms with Gasteiger partial charge in [-0.05, 0) is 48.4 Å². The van der Waals surface area contributed by atoms with Gasteiger partial charge in [0.2, 0.25) is 5.78 Å². The molecule has 3 aromatic carbocycles. The number of carbonyl (C=O) groups excluding carboxylic acids is 1. The number of carbonyl (C=O) groups is 1. The lowest BCUT2D eigenvalue weighted by Crippen LogP contribution is -2.00. The van der Waals surface area contributed by atoms with E-state index in [0.29, 0.717) is 24.7 Å². The summed E-state index contributed by atoms with van der Waals surface area (Å²) in [4.78, 5) is 14.3. The van der Waals surface area contributed by atoms with E-state index >= 15 is 0 Å². The quantitative estimate of drug-likeness (QED) is 0.486. The zero-order chi connectivity index (χ0) is 19.3. The van der Waals surface area contributed by atoms with Gasteiger partial charge in [-0.3, -0.25) is 4.79 Å². The highest BCUT2D eigenvalue weighted by atomic mass is 32.2. The van der Waals surface area contributed by atoms with Crippen LogP contribution in [0.3, 0.4) is 0 Å². The molecule has 0 aromatic heterocycles. The van der Waals surface area contributed by atoms with Gasteiger partial charge in [0.15, 0.2) is 11.5 Å². The van der Waals surface area contributed by atoms with Crippen LogP contribution in [0.15, 0.2) is 82.6 Å². The maximum Gasteiger partial charge on any atom is 0.200 e. The lowest BCUT2D eigenvalue weighted by atomic mass is 10.1. The predicted octanol–water partition coefficient (Wildman–Crippen LogP) is 5.99. The van der Waals surface area contributed by atoms with Crippen molar-refractivity contribution in [3.63, 3.8) is 0 Å². The van der Waals surface area contributed by atoms with Crippen LogP contribution in [0.4, 0.5) is 0 Å². The summed E-state index contributed by atoms with van der Waals surface area (Å²) < 4.78 is 11.7. The third kappa shape index (κ3) is 3.97. The molecule has 28 heavy (non-hydrogen) atoms. The minimum atomic E-state index is 0.0722. The van der Waals surface area contributed by atoms with Crippen LogP contribution in [-0.2, 0) is 6.61 Å². The van der Waals surface area contributed by atoms with Crippen molar-refractivity contribution in [1.82, 2.24) is 0 Å². The van der Waals surface area contributed by atoms with Crippen LogP contribution in [-0.4, -0.2) is 12.4 Å². The van der Waals surface area contributed by atoms with E-state index in [-0.39, 0.29) is 5.78 Å². The van der Waals surface area contributed by atoms with Crippen molar-refractivity contribution in [2.45, 2.75) is 18.4 Å². The molecule has 0 bridgehead atoms. The molecule has 3 nitrogen and oxygen atoms in total. The van der Waals surface area contributed by atoms with E-state index < -0.39 is 0 Å². The van der Waals surface area contributed by atoms with Crippen LogP contribution in [0.25, 0.3) is 6.08 Å². The molecular weight excluding hydrogens is 368 g/mol. The van der Waals surface area contributed by atoms with E-state index in [1.807, 2.05) is 85.8 Å². The number of Topliss-reactive ketones (excluding diaryl/α,β-unsaturated/α-hetero) is 1. The zero-order valence-electron chi connectivity index (χ0n) is 15.6. The maximum atomic E-state index is 12.6. The average Bonchev–Trinajstić information content (AvgIpc) is 3.04. The summed E-state index contributed by atoms with van der Waals surface area (Å²) in [5, 5.41) is 0. The number of benzene rings is 3. The summed E-state index contributed by atoms with van der Waals surface area (Å²) in [7, 11) is 0. The van der Waals surface area contributed by atoms with Gasteiger partial charge in [-0.2, -0.15) is 0 Å². The van der Waals surface area contributed by atoms with E-state index in [1.165, 1.54) is 11.8 Å². The normalized spacial score (nSPS) is 14.2. The fraction of sp³-hybridized carbons (Fsp3) is 0.125. The van der Waals surface area contributed by atoms with Gasteiger partial charge >= 0.3 is 0 Å². The molecule has 4 heteroatoms. The summed E-state index contributed by atoms with van der Waals surface area (Å²) >= 11 is 1.51. The predicted molar refractivity (Wildman–Crippen MR) is 113 cm³/mol. The molecule has 0 amide bonds. The fourth-order valence-corrected chi connectivity index (χ4v) is 4.08. The average molecular weight is 388 g/mol. The Kier molecular flexibility index (Phi) is 5.49. The molecule has 140 valence electrons. The number of ether oxygens (including phenoxy) is 2. The van der Waals surface area contributed by atoms with Crippen LogP contribution in [0, 0.1) is 0 Å². The number of hydrogen-bond acceptors (Lipinski definition) is 4. The minimum absolute atomic E-state index is 0.0722. The van der Waals surface area contributed by atoms with E-state index in [9.17, 15) is 4.79 Å². The van der Waals surface area contributed by atoms with E-state index in [4.69, 9.17) is 9.47 Å². The van der Waals surface area contributed by atoms with Crippen molar-refractivity contribution >= 4 is 23.6 Å². The van der Waals surface area contributed by atoms with Gasteiger partial charge in [0, 0.05) is 10.5 Å². The molecule has 0 spiro atoms. The lowest BCUT2D eigenvalue weighted by molar-refractivity contribution is 0.104. The Balaban J connectivity index is 1.56. The summed E-state index contributed by atoms with van der Waals surface area (Å²) in [5.74, 6) is 1.45. The van der Waals surface area contributed by atoms with Gasteiger partial charge in [-0.1, -0.05) is 60.3 Å². The molecule has 4 rings (SSSR count). The highest BCUT2D eigenvalue weighted by Crippen LogP contribution is 2.41. The van der Waals surface area contributed by atoms with Gasteiger partial charge in [-0.25, -0.2) is 0 Å². The molecule has 3 aromatic rings. The second kappa shape index (κ2) is 8.36. The van der Waals surface area contributed by atoms with Crippen LogP contribution >= 0.6 is 11.8 Å². The molecule has 0 aliphatic carbocycles. The first-order chi connectivity index (χ1) is 13.7. The van der Waals surface area contributed by atoms with E-state index in [0.717, 1.165) is 26.5 Å². The first kappa shape index (κ1) is 18.4. The van der Waals surface area contributed by atoms with Gasteiger partial charge in [0.1, 0.15) is 6.61 Å². The van der Waals surface area contributed by atoms with Gasteiger partial charge < -0.3 is 9.47 Å². The van der Waals surface area contributed by atoms with Crippen molar-refractivity contribution < 1.29 is 14.3 Å². The van der Waals surface area contributed by atoms with Crippen molar-refractivity contribution in [2.24, 2.45) is 0 Å². The smallest absolute Gasteiger partial charge is 0.200 e. The summed E-state index contributed by atoms with van der Waals surface area (Å²) in [5.41, 5.74) is 2.78. The Bertz CT molecular complexity index is 1030. The Hall–Kier alpha value is -2.98. The van der Waals surface area contributed by atoms with Crippen LogP contribution < -0.4 is 9.47 Å². The highest BCUT2D eigenvalue weighted by Gasteiger charge is 2.25. The number of hydrogen-bond donors (Lipinski definition) is 0. The Morgan fingerprint density at radius 3 is 2.46 bits per heavy atom. The molecule has 0 saturated carbocycles. The molecule has 1 aliphatic rings. The second-order valence-corrected chi connectivity index (χ2v) is 7.43. The first-order valence-corrected chi connectivity index (χ1v) is 10.0. The molecule has 1 heterocycles. The number of rotatable bonds is 6. The van der Waals surface area contributed by atoms with Crippen LogP contribution in [0.5, 0.6) is 11.5 Å². The molecule has 0 N–H and O–H groups in total. The topological polar surface area (TPSA) is 35.5 Å². The molecule has 0 fully saturated rings.